The van der Waals surface area contributed by atoms with Crippen molar-refractivity contribution in [1.82, 2.24) is 0 Å². The van der Waals surface area contributed by atoms with Crippen LogP contribution in [-0.4, -0.2) is 17.9 Å². The first-order chi connectivity index (χ1) is 6.61. The highest BCUT2D eigenvalue weighted by Crippen LogP contribution is 2.43. The van der Waals surface area contributed by atoms with Crippen LogP contribution in [0, 0.1) is 5.82 Å². The van der Waals surface area contributed by atoms with Gasteiger partial charge in [0.2, 0.25) is 12.5 Å². The fourth-order valence-corrected chi connectivity index (χ4v) is 1.73. The molecule has 0 aromatic heterocycles. The first kappa shape index (κ1) is 9.26. The highest BCUT2D eigenvalue weighted by molar-refractivity contribution is 9.10. The lowest BCUT2D eigenvalue weighted by molar-refractivity contribution is 0.0695. The number of carbonyl (C=O) groups is 1. The van der Waals surface area contributed by atoms with Gasteiger partial charge < -0.3 is 14.6 Å². The number of benzene rings is 1. The molecule has 1 aliphatic heterocycles. The van der Waals surface area contributed by atoms with Gasteiger partial charge in [0.15, 0.2) is 11.6 Å². The predicted molar refractivity (Wildman–Crippen MR) is 47.2 cm³/mol. The number of halogens is 2. The van der Waals surface area contributed by atoms with Gasteiger partial charge in [0.1, 0.15) is 0 Å². The number of hydrogen-bond acceptors (Lipinski definition) is 3. The Balaban J connectivity index is 2.68. The molecule has 1 heterocycles. The third-order valence-electron chi connectivity index (χ3n) is 1.77. The van der Waals surface area contributed by atoms with Gasteiger partial charge in [0.25, 0.3) is 0 Å². The van der Waals surface area contributed by atoms with E-state index >= 15 is 0 Å². The molecule has 0 spiro atoms. The number of hydrogen-bond donors (Lipinski definition) is 1. The summed E-state index contributed by atoms with van der Waals surface area (Å²) in [6.07, 6.45) is 0. The highest BCUT2D eigenvalue weighted by atomic mass is 79.9. The summed E-state index contributed by atoms with van der Waals surface area (Å²) >= 11 is 3.01. The van der Waals surface area contributed by atoms with Crippen molar-refractivity contribution in [2.75, 3.05) is 6.79 Å². The molecular weight excluding hydrogens is 259 g/mol. The van der Waals surface area contributed by atoms with Crippen LogP contribution in [0.1, 0.15) is 10.4 Å². The topological polar surface area (TPSA) is 55.8 Å². The number of ether oxygens (including phenoxy) is 2. The van der Waals surface area contributed by atoms with Gasteiger partial charge >= 0.3 is 5.97 Å². The minimum atomic E-state index is -1.23. The average molecular weight is 263 g/mol. The molecule has 0 radical (unpaired) electrons. The fraction of sp³-hybridized carbons (Fsp3) is 0.125. The van der Waals surface area contributed by atoms with Crippen LogP contribution < -0.4 is 9.47 Å². The summed E-state index contributed by atoms with van der Waals surface area (Å²) in [7, 11) is 0. The Morgan fingerprint density at radius 1 is 1.50 bits per heavy atom. The van der Waals surface area contributed by atoms with Gasteiger partial charge in [-0.1, -0.05) is 0 Å². The van der Waals surface area contributed by atoms with E-state index in [2.05, 4.69) is 15.9 Å². The standard InChI is InChI=1S/C8H4BrFO4/c9-5-3(8(11)12)1-4(10)6-7(5)14-2-13-6/h1H,2H2,(H,11,12). The monoisotopic (exact) mass is 262 g/mol. The number of carboxylic acid groups (broad SMARTS) is 1. The lowest BCUT2D eigenvalue weighted by atomic mass is 10.2. The quantitative estimate of drug-likeness (QED) is 0.842. The van der Waals surface area contributed by atoms with Crippen LogP contribution >= 0.6 is 15.9 Å². The molecule has 1 aliphatic rings. The van der Waals surface area contributed by atoms with Crippen molar-refractivity contribution in [3.8, 4) is 11.5 Å². The van der Waals surface area contributed by atoms with Crippen molar-refractivity contribution < 1.29 is 23.8 Å². The fourth-order valence-electron chi connectivity index (χ4n) is 1.15. The van der Waals surface area contributed by atoms with Crippen molar-refractivity contribution >= 4 is 21.9 Å². The lowest BCUT2D eigenvalue weighted by Gasteiger charge is -2.03. The van der Waals surface area contributed by atoms with Gasteiger partial charge in [-0.05, 0) is 22.0 Å². The molecule has 4 nitrogen and oxygen atoms in total. The van der Waals surface area contributed by atoms with Gasteiger partial charge in [0.05, 0.1) is 10.0 Å². The minimum absolute atomic E-state index is 0.0538. The zero-order valence-electron chi connectivity index (χ0n) is 6.71. The SMILES string of the molecule is O=C(O)c1cc(F)c2c(c1Br)OCO2. The first-order valence-corrected chi connectivity index (χ1v) is 4.41. The molecule has 0 fully saturated rings. The first-order valence-electron chi connectivity index (χ1n) is 3.62. The second kappa shape index (κ2) is 3.13. The summed E-state index contributed by atoms with van der Waals surface area (Å²) in [4.78, 5) is 10.7. The van der Waals surface area contributed by atoms with Gasteiger partial charge in [-0.25, -0.2) is 9.18 Å². The summed E-state index contributed by atoms with van der Waals surface area (Å²) in [5.74, 6) is -1.92. The lowest BCUT2D eigenvalue weighted by Crippen LogP contribution is -1.99. The third kappa shape index (κ3) is 1.22. The zero-order valence-corrected chi connectivity index (χ0v) is 8.30. The van der Waals surface area contributed by atoms with E-state index in [-0.39, 0.29) is 28.3 Å². The Morgan fingerprint density at radius 3 is 2.79 bits per heavy atom. The van der Waals surface area contributed by atoms with Gasteiger partial charge in [0, 0.05) is 0 Å². The molecule has 1 aromatic carbocycles. The maximum absolute atomic E-state index is 13.2. The predicted octanol–water partition coefficient (Wildman–Crippen LogP) is 2.02. The van der Waals surface area contributed by atoms with E-state index in [1.807, 2.05) is 0 Å². The van der Waals surface area contributed by atoms with Gasteiger partial charge in [-0.2, -0.15) is 0 Å². The Labute approximate surface area is 86.4 Å². The molecule has 74 valence electrons. The Kier molecular flexibility index (Phi) is 2.07. The number of rotatable bonds is 1. The molecule has 1 N–H and O–H groups in total. The maximum atomic E-state index is 13.2. The Hall–Kier alpha value is -1.30. The van der Waals surface area contributed by atoms with Crippen LogP contribution in [-0.2, 0) is 0 Å². The molecule has 0 unspecified atom stereocenters. The van der Waals surface area contributed by atoms with Crippen LogP contribution in [0.25, 0.3) is 0 Å². The molecule has 0 atom stereocenters. The van der Waals surface area contributed by atoms with E-state index in [9.17, 15) is 9.18 Å². The summed E-state index contributed by atoms with van der Waals surface area (Å²) in [5.41, 5.74) is -0.188. The maximum Gasteiger partial charge on any atom is 0.337 e. The summed E-state index contributed by atoms with van der Waals surface area (Å²) in [6, 6.07) is 0.889. The van der Waals surface area contributed by atoms with E-state index in [1.165, 1.54) is 0 Å². The van der Waals surface area contributed by atoms with Crippen LogP contribution in [0.2, 0.25) is 0 Å². The molecule has 0 amide bonds. The third-order valence-corrected chi connectivity index (χ3v) is 2.55. The molecule has 0 saturated heterocycles. The second-order valence-electron chi connectivity index (χ2n) is 2.59. The van der Waals surface area contributed by atoms with E-state index in [4.69, 9.17) is 14.6 Å². The second-order valence-corrected chi connectivity index (χ2v) is 3.38. The molecular formula is C8H4BrFO4. The molecule has 1 aromatic rings. The molecule has 0 saturated carbocycles. The number of carboxylic acids is 1. The average Bonchev–Trinajstić information content (AvgIpc) is 2.59. The normalized spacial score (nSPS) is 13.0. The molecule has 14 heavy (non-hydrogen) atoms. The van der Waals surface area contributed by atoms with Crippen molar-refractivity contribution in [3.63, 3.8) is 0 Å². The molecule has 0 aliphatic carbocycles. The number of fused-ring (bicyclic) bond motifs is 1. The smallest absolute Gasteiger partial charge is 0.337 e. The summed E-state index contributed by atoms with van der Waals surface area (Å²) < 4.78 is 23.1. The van der Waals surface area contributed by atoms with Crippen molar-refractivity contribution in [2.24, 2.45) is 0 Å². The van der Waals surface area contributed by atoms with Crippen LogP contribution in [0.4, 0.5) is 4.39 Å². The van der Waals surface area contributed by atoms with Crippen LogP contribution in [0.5, 0.6) is 11.5 Å². The van der Waals surface area contributed by atoms with Crippen molar-refractivity contribution in [2.45, 2.75) is 0 Å². The Morgan fingerprint density at radius 2 is 2.14 bits per heavy atom. The molecule has 2 rings (SSSR count). The van der Waals surface area contributed by atoms with E-state index in [0.717, 1.165) is 6.07 Å². The van der Waals surface area contributed by atoms with E-state index in [0.29, 0.717) is 0 Å². The van der Waals surface area contributed by atoms with Crippen molar-refractivity contribution in [1.29, 1.82) is 0 Å². The summed E-state index contributed by atoms with van der Waals surface area (Å²) in [5, 5.41) is 8.73. The zero-order chi connectivity index (χ0) is 10.3. The van der Waals surface area contributed by atoms with Crippen molar-refractivity contribution in [3.05, 3.63) is 21.9 Å². The Bertz CT molecular complexity index is 418. The summed E-state index contributed by atoms with van der Waals surface area (Å²) in [6.45, 7) is -0.103. The largest absolute Gasteiger partial charge is 0.478 e. The molecule has 0 bridgehead atoms. The van der Waals surface area contributed by atoms with Crippen LogP contribution in [0.3, 0.4) is 0 Å². The van der Waals surface area contributed by atoms with E-state index in [1.54, 1.807) is 0 Å². The molecule has 6 heteroatoms. The van der Waals surface area contributed by atoms with E-state index < -0.39 is 11.8 Å². The highest BCUT2D eigenvalue weighted by Gasteiger charge is 2.26. The minimum Gasteiger partial charge on any atom is -0.478 e. The van der Waals surface area contributed by atoms with Gasteiger partial charge in [-0.15, -0.1) is 0 Å². The van der Waals surface area contributed by atoms with Gasteiger partial charge in [-0.3, -0.25) is 0 Å². The van der Waals surface area contributed by atoms with Crippen LogP contribution in [0.15, 0.2) is 10.5 Å². The number of aromatic carboxylic acids is 1.